The van der Waals surface area contributed by atoms with Crippen molar-refractivity contribution in [3.8, 4) is 0 Å². The van der Waals surface area contributed by atoms with Crippen LogP contribution in [0.25, 0.3) is 0 Å². The summed E-state index contributed by atoms with van der Waals surface area (Å²) >= 11 is 0. The van der Waals surface area contributed by atoms with Crippen LogP contribution in [-0.4, -0.2) is 42.8 Å². The lowest BCUT2D eigenvalue weighted by Crippen LogP contribution is -2.51. The van der Waals surface area contributed by atoms with Crippen molar-refractivity contribution in [2.24, 2.45) is 5.73 Å². The Bertz CT molecular complexity index is 145. The Labute approximate surface area is 74.9 Å². The number of nitrogens with two attached hydrogens (primary N) is 1. The maximum Gasteiger partial charge on any atom is 0.0753 e. The fourth-order valence-electron chi connectivity index (χ4n) is 1.68. The van der Waals surface area contributed by atoms with E-state index in [1.807, 2.05) is 6.92 Å². The van der Waals surface area contributed by atoms with Crippen LogP contribution in [0.5, 0.6) is 0 Å². The highest BCUT2D eigenvalue weighted by molar-refractivity contribution is 4.80. The first kappa shape index (κ1) is 9.96. The summed E-state index contributed by atoms with van der Waals surface area (Å²) in [6.07, 6.45) is 0. The molecule has 1 aliphatic rings. The normalized spacial score (nSPS) is 27.0. The van der Waals surface area contributed by atoms with Gasteiger partial charge in [0.25, 0.3) is 0 Å². The molecule has 1 heterocycles. The molecule has 1 atom stereocenters. The number of rotatable bonds is 2. The molecule has 1 rings (SSSR count). The quantitative estimate of drug-likeness (QED) is 0.657. The number of ether oxygens (including phenoxy) is 1. The number of hydrogen-bond donors (Lipinski definition) is 1. The summed E-state index contributed by atoms with van der Waals surface area (Å²) in [5, 5.41) is 0. The van der Waals surface area contributed by atoms with Crippen LogP contribution in [0.2, 0.25) is 0 Å². The van der Waals surface area contributed by atoms with Gasteiger partial charge >= 0.3 is 0 Å². The Morgan fingerprint density at radius 2 is 2.25 bits per heavy atom. The molecule has 0 saturated carbocycles. The van der Waals surface area contributed by atoms with Crippen LogP contribution in [0, 0.1) is 0 Å². The predicted molar refractivity (Wildman–Crippen MR) is 50.1 cm³/mol. The summed E-state index contributed by atoms with van der Waals surface area (Å²) in [6.45, 7) is 10.1. The second kappa shape index (κ2) is 3.73. The highest BCUT2D eigenvalue weighted by Gasteiger charge is 2.26. The van der Waals surface area contributed by atoms with Crippen molar-refractivity contribution in [3.05, 3.63) is 0 Å². The van der Waals surface area contributed by atoms with Gasteiger partial charge in [0.2, 0.25) is 0 Å². The Balaban J connectivity index is 2.36. The summed E-state index contributed by atoms with van der Waals surface area (Å²) in [6, 6.07) is 0.263. The molecule has 1 aliphatic heterocycles. The van der Waals surface area contributed by atoms with Crippen molar-refractivity contribution in [1.82, 2.24) is 4.90 Å². The molecule has 0 spiro atoms. The first-order valence-corrected chi connectivity index (χ1v) is 4.61. The minimum atomic E-state index is 0.00708. The summed E-state index contributed by atoms with van der Waals surface area (Å²) in [5.41, 5.74) is 5.74. The lowest BCUT2D eigenvalue weighted by molar-refractivity contribution is -0.0865. The van der Waals surface area contributed by atoms with Crippen LogP contribution in [0.4, 0.5) is 0 Å². The summed E-state index contributed by atoms with van der Waals surface area (Å²) in [4.78, 5) is 2.37. The fraction of sp³-hybridized carbons (Fsp3) is 1.00. The van der Waals surface area contributed by atoms with Gasteiger partial charge in [-0.3, -0.25) is 4.90 Å². The van der Waals surface area contributed by atoms with Crippen LogP contribution >= 0.6 is 0 Å². The Morgan fingerprint density at radius 3 is 2.75 bits per heavy atom. The van der Waals surface area contributed by atoms with Crippen molar-refractivity contribution in [3.63, 3.8) is 0 Å². The van der Waals surface area contributed by atoms with Crippen LogP contribution in [0.3, 0.4) is 0 Å². The SMILES string of the molecule is C[C@H](N)CN1CCOC(C)(C)C1. The smallest absolute Gasteiger partial charge is 0.0753 e. The van der Waals surface area contributed by atoms with Crippen LogP contribution in [-0.2, 0) is 4.74 Å². The molecule has 1 saturated heterocycles. The van der Waals surface area contributed by atoms with Crippen LogP contribution in [0.15, 0.2) is 0 Å². The average Bonchev–Trinajstić information content (AvgIpc) is 1.82. The van der Waals surface area contributed by atoms with Gasteiger partial charge in [-0.05, 0) is 20.8 Å². The first-order chi connectivity index (χ1) is 5.49. The maximum atomic E-state index is 5.73. The molecule has 0 aromatic rings. The van der Waals surface area contributed by atoms with E-state index >= 15 is 0 Å². The van der Waals surface area contributed by atoms with Crippen molar-refractivity contribution >= 4 is 0 Å². The molecule has 12 heavy (non-hydrogen) atoms. The maximum absolute atomic E-state index is 5.73. The van der Waals surface area contributed by atoms with Crippen molar-refractivity contribution < 1.29 is 4.74 Å². The molecule has 0 aliphatic carbocycles. The molecule has 0 aromatic carbocycles. The molecular weight excluding hydrogens is 152 g/mol. The molecule has 0 radical (unpaired) electrons. The van der Waals surface area contributed by atoms with E-state index < -0.39 is 0 Å². The largest absolute Gasteiger partial charge is 0.373 e. The van der Waals surface area contributed by atoms with Crippen molar-refractivity contribution in [1.29, 1.82) is 0 Å². The van der Waals surface area contributed by atoms with E-state index in [9.17, 15) is 0 Å². The zero-order valence-corrected chi connectivity index (χ0v) is 8.34. The molecule has 0 aromatic heterocycles. The van der Waals surface area contributed by atoms with Crippen LogP contribution in [0.1, 0.15) is 20.8 Å². The highest BCUT2D eigenvalue weighted by atomic mass is 16.5. The van der Waals surface area contributed by atoms with Gasteiger partial charge in [0.1, 0.15) is 0 Å². The van der Waals surface area contributed by atoms with Gasteiger partial charge in [0.05, 0.1) is 12.2 Å². The first-order valence-electron chi connectivity index (χ1n) is 4.61. The van der Waals surface area contributed by atoms with Crippen molar-refractivity contribution in [2.45, 2.75) is 32.4 Å². The van der Waals surface area contributed by atoms with E-state index in [1.54, 1.807) is 0 Å². The van der Waals surface area contributed by atoms with E-state index in [0.717, 1.165) is 26.2 Å². The van der Waals surface area contributed by atoms with Gasteiger partial charge < -0.3 is 10.5 Å². The third-order valence-corrected chi connectivity index (χ3v) is 2.05. The monoisotopic (exact) mass is 172 g/mol. The van der Waals surface area contributed by atoms with E-state index in [2.05, 4.69) is 18.7 Å². The molecule has 3 nitrogen and oxygen atoms in total. The van der Waals surface area contributed by atoms with E-state index in [4.69, 9.17) is 10.5 Å². The summed E-state index contributed by atoms with van der Waals surface area (Å²) in [7, 11) is 0. The van der Waals surface area contributed by atoms with Crippen LogP contribution < -0.4 is 5.73 Å². The molecule has 2 N–H and O–H groups in total. The Kier molecular flexibility index (Phi) is 3.09. The molecule has 0 amide bonds. The molecule has 72 valence electrons. The molecule has 1 fully saturated rings. The summed E-state index contributed by atoms with van der Waals surface area (Å²) < 4.78 is 5.59. The summed E-state index contributed by atoms with van der Waals surface area (Å²) in [5.74, 6) is 0. The predicted octanol–water partition coefficient (Wildman–Crippen LogP) is 0.444. The van der Waals surface area contributed by atoms with Gasteiger partial charge in [0.15, 0.2) is 0 Å². The van der Waals surface area contributed by atoms with Crippen molar-refractivity contribution in [2.75, 3.05) is 26.2 Å². The van der Waals surface area contributed by atoms with Gasteiger partial charge in [-0.25, -0.2) is 0 Å². The number of hydrogen-bond acceptors (Lipinski definition) is 3. The molecule has 0 bridgehead atoms. The number of morpholine rings is 1. The molecule has 3 heteroatoms. The van der Waals surface area contributed by atoms with Gasteiger partial charge in [-0.1, -0.05) is 0 Å². The van der Waals surface area contributed by atoms with E-state index in [0.29, 0.717) is 0 Å². The zero-order chi connectivity index (χ0) is 9.19. The molecule has 0 unspecified atom stereocenters. The standard InChI is InChI=1S/C9H20N2O/c1-8(10)6-11-4-5-12-9(2,3)7-11/h8H,4-7,10H2,1-3H3/t8-/m0/s1. The second-order valence-electron chi connectivity index (χ2n) is 4.32. The highest BCUT2D eigenvalue weighted by Crippen LogP contribution is 2.15. The Hall–Kier alpha value is -0.120. The lowest BCUT2D eigenvalue weighted by atomic mass is 10.1. The Morgan fingerprint density at radius 1 is 1.58 bits per heavy atom. The average molecular weight is 172 g/mol. The van der Waals surface area contributed by atoms with E-state index in [-0.39, 0.29) is 11.6 Å². The number of nitrogens with zero attached hydrogens (tertiary/aromatic N) is 1. The minimum absolute atomic E-state index is 0.00708. The fourth-order valence-corrected chi connectivity index (χ4v) is 1.68. The van der Waals surface area contributed by atoms with Gasteiger partial charge in [-0.15, -0.1) is 0 Å². The molecular formula is C9H20N2O. The minimum Gasteiger partial charge on any atom is -0.373 e. The topological polar surface area (TPSA) is 38.5 Å². The van der Waals surface area contributed by atoms with Gasteiger partial charge in [-0.2, -0.15) is 0 Å². The van der Waals surface area contributed by atoms with E-state index in [1.165, 1.54) is 0 Å². The third-order valence-electron chi connectivity index (χ3n) is 2.05. The zero-order valence-electron chi connectivity index (χ0n) is 8.34. The van der Waals surface area contributed by atoms with Gasteiger partial charge in [0, 0.05) is 25.7 Å². The second-order valence-corrected chi connectivity index (χ2v) is 4.32. The third kappa shape index (κ3) is 3.09. The lowest BCUT2D eigenvalue weighted by Gasteiger charge is -2.38.